The number of aromatic hydroxyl groups is 2. The average molecular weight is 190 g/mol. The lowest BCUT2D eigenvalue weighted by Crippen LogP contribution is -1.83. The van der Waals surface area contributed by atoms with Gasteiger partial charge in [0.25, 0.3) is 0 Å². The molecule has 0 amide bonds. The highest BCUT2D eigenvalue weighted by atomic mass is 16.3. The monoisotopic (exact) mass is 190 g/mol. The number of aromatic amines is 1. The highest BCUT2D eigenvalue weighted by Crippen LogP contribution is 2.36. The van der Waals surface area contributed by atoms with Crippen molar-refractivity contribution in [2.75, 3.05) is 0 Å². The van der Waals surface area contributed by atoms with Gasteiger partial charge in [-0.1, -0.05) is 0 Å². The molecule has 0 unspecified atom stereocenters. The van der Waals surface area contributed by atoms with E-state index in [0.717, 1.165) is 5.56 Å². The molecule has 0 atom stereocenters. The molecule has 0 aliphatic carbocycles. The molecule has 2 aromatic rings. The first-order valence-corrected chi connectivity index (χ1v) is 4.21. The first-order valence-electron chi connectivity index (χ1n) is 4.21. The maximum absolute atomic E-state index is 9.63. The number of hydrogen-bond acceptors (Lipinski definition) is 3. The van der Waals surface area contributed by atoms with Gasteiger partial charge in [0.05, 0.1) is 11.3 Å². The third-order valence-corrected chi connectivity index (χ3v) is 2.00. The van der Waals surface area contributed by atoms with E-state index >= 15 is 0 Å². The lowest BCUT2D eigenvalue weighted by Gasteiger charge is -2.05. The Morgan fingerprint density at radius 1 is 1.21 bits per heavy atom. The second kappa shape index (κ2) is 3.06. The molecular formula is C10H10N2O2. The molecule has 0 aliphatic heterocycles. The number of phenols is 2. The van der Waals surface area contributed by atoms with E-state index in [4.69, 9.17) is 0 Å². The molecule has 0 spiro atoms. The van der Waals surface area contributed by atoms with Crippen LogP contribution >= 0.6 is 0 Å². The standard InChI is InChI=1S/C10H10N2O2/c1-6-4-8(13)10(9(14)5-6)7-2-3-11-12-7/h2-5,13-14H,1H3,(H,11,12). The summed E-state index contributed by atoms with van der Waals surface area (Å²) in [6.07, 6.45) is 1.63. The van der Waals surface area contributed by atoms with Crippen LogP contribution in [0.15, 0.2) is 24.4 Å². The van der Waals surface area contributed by atoms with Crippen molar-refractivity contribution in [3.63, 3.8) is 0 Å². The molecule has 14 heavy (non-hydrogen) atoms. The third kappa shape index (κ3) is 1.31. The van der Waals surface area contributed by atoms with Crippen molar-refractivity contribution in [1.29, 1.82) is 0 Å². The van der Waals surface area contributed by atoms with Gasteiger partial charge in [-0.2, -0.15) is 5.10 Å². The minimum absolute atomic E-state index is 0.0367. The van der Waals surface area contributed by atoms with E-state index in [-0.39, 0.29) is 11.5 Å². The largest absolute Gasteiger partial charge is 0.507 e. The smallest absolute Gasteiger partial charge is 0.129 e. The number of H-pyrrole nitrogens is 1. The van der Waals surface area contributed by atoms with Crippen LogP contribution in [0, 0.1) is 6.92 Å². The Balaban J connectivity index is 2.64. The number of rotatable bonds is 1. The maximum Gasteiger partial charge on any atom is 0.129 e. The van der Waals surface area contributed by atoms with Gasteiger partial charge >= 0.3 is 0 Å². The zero-order valence-electron chi connectivity index (χ0n) is 7.65. The van der Waals surface area contributed by atoms with Crippen molar-refractivity contribution in [2.24, 2.45) is 0 Å². The molecule has 4 nitrogen and oxygen atoms in total. The van der Waals surface area contributed by atoms with Crippen molar-refractivity contribution in [2.45, 2.75) is 6.92 Å². The normalized spacial score (nSPS) is 10.4. The van der Waals surface area contributed by atoms with Gasteiger partial charge in [0.1, 0.15) is 11.5 Å². The van der Waals surface area contributed by atoms with Crippen LogP contribution in [0.1, 0.15) is 5.56 Å². The topological polar surface area (TPSA) is 69.1 Å². The fourth-order valence-corrected chi connectivity index (χ4v) is 1.41. The van der Waals surface area contributed by atoms with Gasteiger partial charge in [-0.15, -0.1) is 0 Å². The summed E-state index contributed by atoms with van der Waals surface area (Å²) in [6, 6.07) is 4.86. The summed E-state index contributed by atoms with van der Waals surface area (Å²) < 4.78 is 0. The number of hydrogen-bond donors (Lipinski definition) is 3. The second-order valence-electron chi connectivity index (χ2n) is 3.14. The van der Waals surface area contributed by atoms with Gasteiger partial charge in [0, 0.05) is 6.20 Å². The van der Waals surface area contributed by atoms with Crippen molar-refractivity contribution < 1.29 is 10.2 Å². The highest BCUT2D eigenvalue weighted by Gasteiger charge is 2.12. The average Bonchev–Trinajstić information content (AvgIpc) is 2.54. The van der Waals surface area contributed by atoms with E-state index in [0.29, 0.717) is 11.3 Å². The molecule has 1 heterocycles. The fraction of sp³-hybridized carbons (Fsp3) is 0.100. The Morgan fingerprint density at radius 3 is 2.36 bits per heavy atom. The van der Waals surface area contributed by atoms with E-state index in [9.17, 15) is 10.2 Å². The SMILES string of the molecule is Cc1cc(O)c(-c2cc[nH]n2)c(O)c1. The Hall–Kier alpha value is -1.97. The summed E-state index contributed by atoms with van der Waals surface area (Å²) in [5.74, 6) is 0.0733. The van der Waals surface area contributed by atoms with Gasteiger partial charge in [0.15, 0.2) is 0 Å². The molecular weight excluding hydrogens is 180 g/mol. The first-order chi connectivity index (χ1) is 6.68. The molecule has 0 saturated carbocycles. The molecule has 3 N–H and O–H groups in total. The van der Waals surface area contributed by atoms with Gasteiger partial charge in [-0.05, 0) is 30.7 Å². The Labute approximate surface area is 80.8 Å². The highest BCUT2D eigenvalue weighted by molar-refractivity contribution is 5.73. The molecule has 0 fully saturated rings. The predicted octanol–water partition coefficient (Wildman–Crippen LogP) is 1.80. The van der Waals surface area contributed by atoms with E-state index in [1.54, 1.807) is 31.3 Å². The molecule has 1 aromatic heterocycles. The summed E-state index contributed by atoms with van der Waals surface area (Å²) in [6.45, 7) is 1.80. The quantitative estimate of drug-likeness (QED) is 0.642. The number of nitrogens with one attached hydrogen (secondary N) is 1. The zero-order chi connectivity index (χ0) is 10.1. The molecule has 4 heteroatoms. The fourth-order valence-electron chi connectivity index (χ4n) is 1.41. The van der Waals surface area contributed by atoms with Crippen molar-refractivity contribution in [1.82, 2.24) is 10.2 Å². The van der Waals surface area contributed by atoms with Crippen LogP contribution in [0.5, 0.6) is 11.5 Å². The number of benzene rings is 1. The molecule has 2 rings (SSSR count). The summed E-state index contributed by atoms with van der Waals surface area (Å²) in [7, 11) is 0. The molecule has 0 aliphatic rings. The number of phenolic OH excluding ortho intramolecular Hbond substituents is 2. The summed E-state index contributed by atoms with van der Waals surface area (Å²) in [5.41, 5.74) is 1.69. The zero-order valence-corrected chi connectivity index (χ0v) is 7.65. The summed E-state index contributed by atoms with van der Waals surface area (Å²) in [4.78, 5) is 0. The minimum atomic E-state index is 0.0367. The third-order valence-electron chi connectivity index (χ3n) is 2.00. The molecule has 72 valence electrons. The summed E-state index contributed by atoms with van der Waals surface area (Å²) in [5, 5.41) is 25.8. The molecule has 0 saturated heterocycles. The van der Waals surface area contributed by atoms with Crippen LogP contribution in [0.3, 0.4) is 0 Å². The van der Waals surface area contributed by atoms with Crippen molar-refractivity contribution in [3.05, 3.63) is 30.0 Å². The van der Waals surface area contributed by atoms with Crippen molar-refractivity contribution in [3.8, 4) is 22.8 Å². The maximum atomic E-state index is 9.63. The minimum Gasteiger partial charge on any atom is -0.507 e. The molecule has 0 bridgehead atoms. The van der Waals surface area contributed by atoms with Gasteiger partial charge in [0.2, 0.25) is 0 Å². The Bertz CT molecular complexity index is 426. The number of aryl methyl sites for hydroxylation is 1. The Morgan fingerprint density at radius 2 is 1.86 bits per heavy atom. The van der Waals surface area contributed by atoms with E-state index in [1.807, 2.05) is 0 Å². The number of aromatic nitrogens is 2. The number of nitrogens with zero attached hydrogens (tertiary/aromatic N) is 1. The van der Waals surface area contributed by atoms with Gasteiger partial charge in [-0.3, -0.25) is 5.10 Å². The lowest BCUT2D eigenvalue weighted by molar-refractivity contribution is 0.453. The lowest BCUT2D eigenvalue weighted by atomic mass is 10.1. The van der Waals surface area contributed by atoms with Gasteiger partial charge in [-0.25, -0.2) is 0 Å². The Kier molecular flexibility index (Phi) is 1.89. The first kappa shape index (κ1) is 8.62. The van der Waals surface area contributed by atoms with E-state index in [2.05, 4.69) is 10.2 Å². The predicted molar refractivity (Wildman–Crippen MR) is 52.1 cm³/mol. The van der Waals surface area contributed by atoms with Crippen LogP contribution in [0.2, 0.25) is 0 Å². The van der Waals surface area contributed by atoms with Crippen LogP contribution in [0.4, 0.5) is 0 Å². The van der Waals surface area contributed by atoms with Crippen molar-refractivity contribution >= 4 is 0 Å². The van der Waals surface area contributed by atoms with E-state index in [1.165, 1.54) is 0 Å². The summed E-state index contributed by atoms with van der Waals surface area (Å²) >= 11 is 0. The molecule has 0 radical (unpaired) electrons. The van der Waals surface area contributed by atoms with Crippen LogP contribution < -0.4 is 0 Å². The van der Waals surface area contributed by atoms with Gasteiger partial charge < -0.3 is 10.2 Å². The van der Waals surface area contributed by atoms with Crippen LogP contribution in [-0.4, -0.2) is 20.4 Å². The van der Waals surface area contributed by atoms with Crippen LogP contribution in [-0.2, 0) is 0 Å². The second-order valence-corrected chi connectivity index (χ2v) is 3.14. The van der Waals surface area contributed by atoms with Crippen LogP contribution in [0.25, 0.3) is 11.3 Å². The van der Waals surface area contributed by atoms with E-state index < -0.39 is 0 Å². The molecule has 1 aromatic carbocycles.